The molecule has 0 spiro atoms. The molecule has 3 nitrogen and oxygen atoms in total. The lowest BCUT2D eigenvalue weighted by atomic mass is 10.3. The fraction of sp³-hybridized carbons (Fsp3) is 0.429. The Morgan fingerprint density at radius 1 is 1.73 bits per heavy atom. The summed E-state index contributed by atoms with van der Waals surface area (Å²) in [4.78, 5) is 21.2. The second kappa shape index (κ2) is 5.05. The fourth-order valence-corrected chi connectivity index (χ4v) is 1.21. The molecule has 0 bridgehead atoms. The summed E-state index contributed by atoms with van der Waals surface area (Å²) >= 11 is 0. The molecule has 0 aliphatic carbocycles. The van der Waals surface area contributed by atoms with Crippen LogP contribution in [0.2, 0.25) is 0 Å². The van der Waals surface area contributed by atoms with Crippen molar-refractivity contribution in [1.82, 2.24) is 0 Å². The van der Waals surface area contributed by atoms with Crippen LogP contribution in [-0.2, 0) is 4.79 Å². The van der Waals surface area contributed by atoms with Gasteiger partial charge in [-0.25, -0.2) is 4.79 Å². The molecule has 0 heterocycles. The third kappa shape index (κ3) is 3.91. The van der Waals surface area contributed by atoms with E-state index in [4.69, 9.17) is 5.11 Å². The lowest BCUT2D eigenvalue weighted by Crippen LogP contribution is -2.13. The first-order chi connectivity index (χ1) is 5.09. The molecule has 11 heavy (non-hydrogen) atoms. The van der Waals surface area contributed by atoms with Crippen molar-refractivity contribution in [1.29, 1.82) is 0 Å². The van der Waals surface area contributed by atoms with Gasteiger partial charge in [-0.05, 0) is 6.92 Å². The van der Waals surface area contributed by atoms with Gasteiger partial charge < -0.3 is 10.00 Å². The van der Waals surface area contributed by atoms with Crippen LogP contribution in [0, 0.1) is 0 Å². The number of rotatable bonds is 3. The van der Waals surface area contributed by atoms with E-state index in [0.29, 0.717) is 0 Å². The molecule has 0 saturated carbocycles. The average molecular weight is 174 g/mol. The van der Waals surface area contributed by atoms with Gasteiger partial charge in [0.05, 0.1) is 14.4 Å². The van der Waals surface area contributed by atoms with Crippen molar-refractivity contribution in [3.63, 3.8) is 0 Å². The molecule has 62 valence electrons. The largest absolute Gasteiger partial charge is 0.630 e. The zero-order valence-corrected chi connectivity index (χ0v) is 7.47. The van der Waals surface area contributed by atoms with Crippen molar-refractivity contribution in [2.75, 3.05) is 6.66 Å². The molecule has 0 aliphatic heterocycles. The van der Waals surface area contributed by atoms with Gasteiger partial charge in [0.15, 0.2) is 0 Å². The number of allylic oxidation sites excluding steroid dienone is 2. The van der Waals surface area contributed by atoms with E-state index in [-0.39, 0.29) is 11.7 Å². The standard InChI is InChI=1S/C7H11O3P/c1-3-4-5-6(7(8)9)11(2)10/h3-4H,5H2,1-2H3,(H,8,9). The van der Waals surface area contributed by atoms with Crippen molar-refractivity contribution in [2.24, 2.45) is 0 Å². The molecule has 0 rings (SSSR count). The Morgan fingerprint density at radius 2 is 2.27 bits per heavy atom. The second-order valence-corrected chi connectivity index (χ2v) is 3.56. The van der Waals surface area contributed by atoms with Crippen molar-refractivity contribution >= 4 is 19.0 Å². The minimum Gasteiger partial charge on any atom is -0.630 e. The maximum atomic E-state index is 10.8. The zero-order valence-electron chi connectivity index (χ0n) is 6.57. The molecule has 0 aromatic heterocycles. The first-order valence-corrected chi connectivity index (χ1v) is 4.91. The number of carbonyl (C=O) groups is 1. The van der Waals surface area contributed by atoms with Gasteiger partial charge in [0.25, 0.3) is 0 Å². The molecule has 1 atom stereocenters. The topological polar surface area (TPSA) is 60.4 Å². The highest BCUT2D eigenvalue weighted by Crippen LogP contribution is 2.09. The molecule has 0 saturated heterocycles. The number of hydrogen-bond acceptors (Lipinski definition) is 2. The third-order valence-electron chi connectivity index (χ3n) is 1.17. The highest BCUT2D eigenvalue weighted by atomic mass is 31.1. The maximum absolute atomic E-state index is 10.8. The van der Waals surface area contributed by atoms with Gasteiger partial charge in [-0.15, -0.1) is 0 Å². The van der Waals surface area contributed by atoms with Crippen molar-refractivity contribution in [3.05, 3.63) is 12.2 Å². The summed E-state index contributed by atoms with van der Waals surface area (Å²) in [5, 5.41) is 8.60. The smallest absolute Gasteiger partial charge is 0.374 e. The third-order valence-corrected chi connectivity index (χ3v) is 2.31. The molecule has 0 fully saturated rings. The Hall–Kier alpha value is -0.660. The minimum absolute atomic E-state index is 0.0816. The normalized spacial score (nSPS) is 13.4. The number of aliphatic carboxylic acids is 1. The van der Waals surface area contributed by atoms with Crippen LogP contribution in [0.5, 0.6) is 0 Å². The average Bonchev–Trinajstić information content (AvgIpc) is 1.87. The first kappa shape index (κ1) is 10.3. The number of carboxylic acids is 1. The van der Waals surface area contributed by atoms with E-state index < -0.39 is 13.7 Å². The van der Waals surface area contributed by atoms with E-state index in [2.05, 4.69) is 0 Å². The van der Waals surface area contributed by atoms with E-state index in [1.807, 2.05) is 0 Å². The summed E-state index contributed by atoms with van der Waals surface area (Å²) in [5.74, 6) is -1.06. The van der Waals surface area contributed by atoms with Gasteiger partial charge in [-0.3, -0.25) is 0 Å². The van der Waals surface area contributed by atoms with Crippen molar-refractivity contribution in [3.8, 4) is 0 Å². The summed E-state index contributed by atoms with van der Waals surface area (Å²) in [6.45, 7) is 3.20. The Balaban J connectivity index is 4.38. The molecule has 0 aromatic rings. The molecule has 0 amide bonds. The Kier molecular flexibility index (Phi) is 4.75. The summed E-state index contributed by atoms with van der Waals surface area (Å²) < 4.78 is 0. The van der Waals surface area contributed by atoms with E-state index in [0.717, 1.165) is 0 Å². The maximum Gasteiger partial charge on any atom is 0.374 e. The molecule has 1 N–H and O–H groups in total. The second-order valence-electron chi connectivity index (χ2n) is 2.02. The van der Waals surface area contributed by atoms with Gasteiger partial charge >= 0.3 is 5.97 Å². The molecule has 0 aromatic carbocycles. The first-order valence-electron chi connectivity index (χ1n) is 3.20. The lowest BCUT2D eigenvalue weighted by molar-refractivity contribution is -0.151. The van der Waals surface area contributed by atoms with Gasteiger partial charge in [0, 0.05) is 6.42 Å². The van der Waals surface area contributed by atoms with Crippen LogP contribution in [0.1, 0.15) is 13.3 Å². The Bertz CT molecular complexity index is 202. The van der Waals surface area contributed by atoms with Crippen LogP contribution in [0.4, 0.5) is 0 Å². The number of hydrogen-bond donors (Lipinski definition) is 1. The van der Waals surface area contributed by atoms with Gasteiger partial charge in [0.2, 0.25) is 5.29 Å². The quantitative estimate of drug-likeness (QED) is 0.503. The predicted molar refractivity (Wildman–Crippen MR) is 44.9 cm³/mol. The summed E-state index contributed by atoms with van der Waals surface area (Å²) in [6, 6.07) is 0. The Labute approximate surface area is 66.8 Å². The lowest BCUT2D eigenvalue weighted by Gasteiger charge is -1.95. The molecule has 4 heteroatoms. The van der Waals surface area contributed by atoms with E-state index >= 15 is 0 Å². The van der Waals surface area contributed by atoms with Gasteiger partial charge in [-0.2, -0.15) is 0 Å². The van der Waals surface area contributed by atoms with Crippen molar-refractivity contribution in [2.45, 2.75) is 13.3 Å². The van der Waals surface area contributed by atoms with Crippen LogP contribution < -0.4 is 4.89 Å². The van der Waals surface area contributed by atoms with E-state index in [1.165, 1.54) is 6.66 Å². The Morgan fingerprint density at radius 3 is 2.55 bits per heavy atom. The molecule has 0 radical (unpaired) electrons. The van der Waals surface area contributed by atoms with Crippen molar-refractivity contribution < 1.29 is 14.8 Å². The van der Waals surface area contributed by atoms with E-state index in [9.17, 15) is 9.69 Å². The molecular weight excluding hydrogens is 163 g/mol. The van der Waals surface area contributed by atoms with Crippen LogP contribution in [-0.4, -0.2) is 23.0 Å². The summed E-state index contributed by atoms with van der Waals surface area (Å²) in [5.41, 5.74) is 0. The highest BCUT2D eigenvalue weighted by Gasteiger charge is 2.13. The predicted octanol–water partition coefficient (Wildman–Crippen LogP) is 0.597. The van der Waals surface area contributed by atoms with Crippen LogP contribution >= 0.6 is 7.77 Å². The zero-order chi connectivity index (χ0) is 8.85. The van der Waals surface area contributed by atoms with Crippen LogP contribution in [0.15, 0.2) is 12.2 Å². The SMILES string of the molecule is CC=CCC(C(=O)O)=[P+](C)[O-]. The van der Waals surface area contributed by atoms with Crippen LogP contribution in [0.25, 0.3) is 0 Å². The fourth-order valence-electron chi connectivity index (χ4n) is 0.580. The molecular formula is C7H11O3P. The van der Waals surface area contributed by atoms with Gasteiger partial charge in [-0.1, -0.05) is 12.2 Å². The van der Waals surface area contributed by atoms with Crippen LogP contribution in [0.3, 0.4) is 0 Å². The minimum atomic E-state index is -1.70. The highest BCUT2D eigenvalue weighted by molar-refractivity contribution is 7.53. The summed E-state index contributed by atoms with van der Waals surface area (Å²) in [6.07, 6.45) is 3.69. The molecule has 0 aliphatic rings. The summed E-state index contributed by atoms with van der Waals surface area (Å²) in [7, 11) is -1.70. The van der Waals surface area contributed by atoms with E-state index in [1.54, 1.807) is 19.1 Å². The van der Waals surface area contributed by atoms with Gasteiger partial charge in [0.1, 0.15) is 0 Å². The monoisotopic (exact) mass is 174 g/mol. The molecule has 1 unspecified atom stereocenters. The number of carboxylic acid groups (broad SMARTS) is 1.